The van der Waals surface area contributed by atoms with Crippen LogP contribution in [0.2, 0.25) is 0 Å². The lowest BCUT2D eigenvalue weighted by molar-refractivity contribution is -0.138. The molecule has 0 bridgehead atoms. The summed E-state index contributed by atoms with van der Waals surface area (Å²) < 4.78 is 8.63. The van der Waals surface area contributed by atoms with E-state index in [1.165, 1.54) is 0 Å². The van der Waals surface area contributed by atoms with E-state index in [9.17, 15) is 9.90 Å². The molecule has 1 aromatic rings. The molecule has 8 heteroatoms. The molecule has 0 radical (unpaired) electrons. The number of allylic oxidation sites excluding steroid dienone is 3. The third-order valence-corrected chi connectivity index (χ3v) is 5.94. The van der Waals surface area contributed by atoms with Gasteiger partial charge in [0.05, 0.1) is 7.15 Å². The monoisotopic (exact) mass is 653 g/mol. The Hall–Kier alpha value is -0.0800. The van der Waals surface area contributed by atoms with Gasteiger partial charge >= 0.3 is 5.97 Å². The molecule has 0 saturated heterocycles. The minimum atomic E-state index is -0.979. The molecule has 1 aliphatic carbocycles. The van der Waals surface area contributed by atoms with Crippen molar-refractivity contribution in [1.82, 2.24) is 0 Å². The quantitative estimate of drug-likeness (QED) is 0.416. The number of benzene rings is 1. The number of hydrogen-bond donors (Lipinski definition) is 3. The molecule has 0 spiro atoms. The summed E-state index contributed by atoms with van der Waals surface area (Å²) in [5.41, 5.74) is 5.62. The van der Waals surface area contributed by atoms with Gasteiger partial charge in [-0.3, -0.25) is 4.79 Å². The summed E-state index contributed by atoms with van der Waals surface area (Å²) in [4.78, 5) is 10.9. The van der Waals surface area contributed by atoms with Crippen molar-refractivity contribution in [3.63, 3.8) is 0 Å². The summed E-state index contributed by atoms with van der Waals surface area (Å²) in [6.45, 7) is 0. The second-order valence-corrected chi connectivity index (χ2v) is 8.74. The Morgan fingerprint density at radius 1 is 1.39 bits per heavy atom. The van der Waals surface area contributed by atoms with Gasteiger partial charge in [-0.1, -0.05) is 6.08 Å². The Morgan fingerprint density at radius 2 is 2.09 bits per heavy atom. The van der Waals surface area contributed by atoms with E-state index in [0.29, 0.717) is 18.6 Å². The number of phenols is 1. The van der Waals surface area contributed by atoms with Crippen LogP contribution in [0.3, 0.4) is 0 Å². The fourth-order valence-corrected chi connectivity index (χ4v) is 5.06. The summed E-state index contributed by atoms with van der Waals surface area (Å²) in [7, 11) is 0. The lowest BCUT2D eigenvalue weighted by atomic mass is 9.93. The number of carboxylic acids is 1. The Kier molecular flexibility index (Phi) is 6.98. The zero-order chi connectivity index (χ0) is 17.1. The van der Waals surface area contributed by atoms with Crippen LogP contribution in [0.15, 0.2) is 37.2 Å². The van der Waals surface area contributed by atoms with Crippen LogP contribution in [0.5, 0.6) is 11.5 Å². The van der Waals surface area contributed by atoms with E-state index in [0.717, 1.165) is 16.5 Å². The summed E-state index contributed by atoms with van der Waals surface area (Å²) in [6, 6.07) is 4.22. The van der Waals surface area contributed by atoms with Crippen molar-refractivity contribution in [2.24, 2.45) is 11.7 Å². The zero-order valence-electron chi connectivity index (χ0n) is 11.8. The number of hydrogen-bond acceptors (Lipinski definition) is 4. The predicted molar refractivity (Wildman–Crippen MR) is 113 cm³/mol. The molecule has 2 rings (SSSR count). The van der Waals surface area contributed by atoms with Gasteiger partial charge < -0.3 is 20.7 Å². The van der Waals surface area contributed by atoms with Crippen molar-refractivity contribution in [3.8, 4) is 11.5 Å². The van der Waals surface area contributed by atoms with E-state index in [2.05, 4.69) is 45.2 Å². The number of phenolic OH excluding ortho intramolecular Hbond substituents is 1. The van der Waals surface area contributed by atoms with Crippen LogP contribution in [0.4, 0.5) is 0 Å². The zero-order valence-corrected chi connectivity index (χ0v) is 18.3. The van der Waals surface area contributed by atoms with Crippen molar-refractivity contribution >= 4 is 73.7 Å². The van der Waals surface area contributed by atoms with Gasteiger partial charge in [0.25, 0.3) is 0 Å². The molecule has 0 amide bonds. The maximum absolute atomic E-state index is 10.9. The van der Waals surface area contributed by atoms with Crippen LogP contribution < -0.4 is 10.5 Å². The van der Waals surface area contributed by atoms with Gasteiger partial charge in [0.1, 0.15) is 23.3 Å². The minimum Gasteiger partial charge on any atom is -0.507 e. The van der Waals surface area contributed by atoms with Gasteiger partial charge in [-0.05, 0) is 105 Å². The van der Waals surface area contributed by atoms with Crippen molar-refractivity contribution in [2.75, 3.05) is 0 Å². The van der Waals surface area contributed by atoms with Gasteiger partial charge in [0, 0.05) is 3.58 Å². The third kappa shape index (κ3) is 5.19. The number of aromatic hydroxyl groups is 1. The van der Waals surface area contributed by atoms with E-state index in [4.69, 9.17) is 15.6 Å². The maximum Gasteiger partial charge on any atom is 0.320 e. The van der Waals surface area contributed by atoms with Crippen LogP contribution in [-0.4, -0.2) is 22.2 Å². The van der Waals surface area contributed by atoms with Crippen molar-refractivity contribution in [3.05, 3.63) is 40.8 Å². The highest BCUT2D eigenvalue weighted by atomic mass is 127. The summed E-state index contributed by atoms with van der Waals surface area (Å²) in [5, 5.41) is 18.5. The van der Waals surface area contributed by atoms with E-state index in [1.807, 2.05) is 28.7 Å². The van der Waals surface area contributed by atoms with Crippen LogP contribution in [0.25, 0.3) is 0 Å². The van der Waals surface area contributed by atoms with Gasteiger partial charge in [0.15, 0.2) is 0 Å². The average Bonchev–Trinajstić information content (AvgIpc) is 2.46. The predicted octanol–water partition coefficient (Wildman–Crippen LogP) is 4.16. The first-order valence-corrected chi connectivity index (χ1v) is 9.92. The number of carbonyl (C=O) groups is 1. The number of aliphatic carboxylic acids is 1. The highest BCUT2D eigenvalue weighted by Crippen LogP contribution is 2.39. The first-order chi connectivity index (χ1) is 10.8. The molecule has 1 aliphatic rings. The lowest BCUT2D eigenvalue weighted by Gasteiger charge is -2.23. The van der Waals surface area contributed by atoms with Crippen molar-refractivity contribution < 1.29 is 19.7 Å². The smallest absolute Gasteiger partial charge is 0.320 e. The fraction of sp³-hybridized carbons (Fsp3) is 0.267. The van der Waals surface area contributed by atoms with E-state index < -0.39 is 12.0 Å². The molecule has 2 unspecified atom stereocenters. The second kappa shape index (κ2) is 8.34. The van der Waals surface area contributed by atoms with Gasteiger partial charge in [0.2, 0.25) is 0 Å². The van der Waals surface area contributed by atoms with Crippen LogP contribution in [0, 0.1) is 9.49 Å². The highest BCUT2D eigenvalue weighted by molar-refractivity contribution is 14.1. The average molecular weight is 653 g/mol. The van der Waals surface area contributed by atoms with Crippen molar-refractivity contribution in [1.29, 1.82) is 0 Å². The third-order valence-electron chi connectivity index (χ3n) is 3.30. The van der Waals surface area contributed by atoms with E-state index in [-0.39, 0.29) is 11.7 Å². The molecule has 0 heterocycles. The normalized spacial score (nSPS) is 19.3. The van der Waals surface area contributed by atoms with Gasteiger partial charge in [-0.2, -0.15) is 0 Å². The molecular weight excluding hydrogens is 639 g/mol. The van der Waals surface area contributed by atoms with Crippen LogP contribution in [0.1, 0.15) is 12.8 Å². The molecule has 4 N–H and O–H groups in total. The molecular formula is C15H14I3NO4. The van der Waals surface area contributed by atoms with Crippen LogP contribution >= 0.6 is 67.8 Å². The standard InChI is InChI=1S/C15H14I3NO4/c16-9-6-8(1-2-13(9)20)23-14-10(17)3-7(4-11(14)18)5-12(19)15(21)22/h1-3,6-7,12,20H,4-5,19H2,(H,21,22). The van der Waals surface area contributed by atoms with Crippen LogP contribution in [-0.2, 0) is 4.79 Å². The number of nitrogens with two attached hydrogens (primary N) is 1. The maximum atomic E-state index is 10.9. The largest absolute Gasteiger partial charge is 0.507 e. The SMILES string of the molecule is NC(CC1C=C(I)C(Oc2ccc(O)c(I)c2)=C(I)C1)C(=O)O. The van der Waals surface area contributed by atoms with Crippen molar-refractivity contribution in [2.45, 2.75) is 18.9 Å². The molecule has 1 aromatic carbocycles. The first-order valence-electron chi connectivity index (χ1n) is 6.69. The Bertz CT molecular complexity index is 687. The van der Waals surface area contributed by atoms with E-state index in [1.54, 1.807) is 18.2 Å². The Balaban J connectivity index is 2.13. The number of rotatable bonds is 5. The highest BCUT2D eigenvalue weighted by Gasteiger charge is 2.25. The summed E-state index contributed by atoms with van der Waals surface area (Å²) in [5.74, 6) is 0.756. The lowest BCUT2D eigenvalue weighted by Crippen LogP contribution is -2.32. The fourth-order valence-electron chi connectivity index (χ4n) is 2.15. The van der Waals surface area contributed by atoms with Gasteiger partial charge in [-0.25, -0.2) is 0 Å². The topological polar surface area (TPSA) is 92.8 Å². The molecule has 0 fully saturated rings. The Labute approximate surface area is 174 Å². The van der Waals surface area contributed by atoms with E-state index >= 15 is 0 Å². The molecule has 5 nitrogen and oxygen atoms in total. The molecule has 124 valence electrons. The molecule has 23 heavy (non-hydrogen) atoms. The molecule has 0 aromatic heterocycles. The number of halogens is 3. The summed E-state index contributed by atoms with van der Waals surface area (Å²) in [6.07, 6.45) is 3.11. The van der Waals surface area contributed by atoms with Gasteiger partial charge in [-0.15, -0.1) is 0 Å². The molecule has 0 aliphatic heterocycles. The number of carboxylic acid groups (broad SMARTS) is 1. The molecule has 2 atom stereocenters. The Morgan fingerprint density at radius 3 is 2.65 bits per heavy atom. The molecule has 0 saturated carbocycles. The minimum absolute atomic E-state index is 0.0900. The summed E-state index contributed by atoms with van der Waals surface area (Å²) >= 11 is 6.46. The first kappa shape index (κ1) is 19.2. The number of ether oxygens (including phenoxy) is 1. The second-order valence-electron chi connectivity index (χ2n) is 5.11.